The molecule has 4 nitrogen and oxygen atoms in total. The molecule has 0 fully saturated rings. The molecule has 0 bridgehead atoms. The highest BCUT2D eigenvalue weighted by Crippen LogP contribution is 2.28. The molecule has 2 aromatic carbocycles. The van der Waals surface area contributed by atoms with E-state index < -0.39 is 0 Å². The quantitative estimate of drug-likeness (QED) is 0.696. The Morgan fingerprint density at radius 3 is 2.53 bits per heavy atom. The highest BCUT2D eigenvalue weighted by molar-refractivity contribution is 5.92. The van der Waals surface area contributed by atoms with E-state index in [1.165, 1.54) is 11.1 Å². The molecule has 0 amide bonds. The largest absolute Gasteiger partial charge is 0.383 e. The molecule has 4 N–H and O–H groups in total. The van der Waals surface area contributed by atoms with Crippen molar-refractivity contribution in [2.45, 2.75) is 6.92 Å². The van der Waals surface area contributed by atoms with E-state index in [1.807, 2.05) is 30.3 Å². The summed E-state index contributed by atoms with van der Waals surface area (Å²) in [6, 6.07) is 14.2. The number of nitrogens with two attached hydrogens (primary N) is 2. The van der Waals surface area contributed by atoms with Crippen LogP contribution >= 0.6 is 0 Å². The summed E-state index contributed by atoms with van der Waals surface area (Å²) in [5, 5.41) is 0.825. The zero-order chi connectivity index (χ0) is 13.4. The second-order valence-electron chi connectivity index (χ2n) is 4.51. The highest BCUT2D eigenvalue weighted by atomic mass is 15.0. The fraction of sp³-hybridized carbons (Fsp3) is 0.0667. The summed E-state index contributed by atoms with van der Waals surface area (Å²) < 4.78 is 0. The van der Waals surface area contributed by atoms with Crippen LogP contribution in [0.2, 0.25) is 0 Å². The van der Waals surface area contributed by atoms with Crippen molar-refractivity contribution in [3.63, 3.8) is 0 Å². The van der Waals surface area contributed by atoms with E-state index >= 15 is 0 Å². The van der Waals surface area contributed by atoms with Gasteiger partial charge in [0, 0.05) is 5.39 Å². The Hall–Kier alpha value is -2.62. The fourth-order valence-electron chi connectivity index (χ4n) is 2.24. The standard InChI is InChI=1S/C15H14N4/c1-9-4-2-3-5-11(9)10-6-7-12-13(8-10)18-15(17)19-14(12)16/h2-8H,1H3,(H4,16,17,18,19). The number of nitrogen functional groups attached to an aromatic ring is 2. The number of rotatable bonds is 1. The number of fused-ring (bicyclic) bond motifs is 1. The number of aryl methyl sites for hydroxylation is 1. The second-order valence-corrected chi connectivity index (χ2v) is 4.51. The Morgan fingerprint density at radius 2 is 1.74 bits per heavy atom. The van der Waals surface area contributed by atoms with Crippen LogP contribution in [-0.4, -0.2) is 9.97 Å². The van der Waals surface area contributed by atoms with Gasteiger partial charge in [-0.1, -0.05) is 30.3 Å². The Morgan fingerprint density at radius 1 is 0.947 bits per heavy atom. The van der Waals surface area contributed by atoms with Crippen LogP contribution in [0.3, 0.4) is 0 Å². The minimum atomic E-state index is 0.201. The predicted octanol–water partition coefficient (Wildman–Crippen LogP) is 2.77. The molecule has 0 atom stereocenters. The van der Waals surface area contributed by atoms with Crippen LogP contribution in [0.25, 0.3) is 22.0 Å². The smallest absolute Gasteiger partial charge is 0.222 e. The molecule has 0 spiro atoms. The van der Waals surface area contributed by atoms with Gasteiger partial charge in [-0.05, 0) is 35.7 Å². The van der Waals surface area contributed by atoms with Gasteiger partial charge in [0.2, 0.25) is 5.95 Å². The van der Waals surface area contributed by atoms with Crippen molar-refractivity contribution in [2.75, 3.05) is 11.5 Å². The molecule has 4 heteroatoms. The van der Waals surface area contributed by atoms with Gasteiger partial charge in [-0.15, -0.1) is 0 Å². The molecule has 0 saturated heterocycles. The lowest BCUT2D eigenvalue weighted by molar-refractivity contribution is 1.25. The van der Waals surface area contributed by atoms with Gasteiger partial charge in [0.25, 0.3) is 0 Å². The number of hydrogen-bond acceptors (Lipinski definition) is 4. The van der Waals surface area contributed by atoms with Crippen LogP contribution in [0, 0.1) is 6.92 Å². The topological polar surface area (TPSA) is 77.8 Å². The molecule has 0 radical (unpaired) electrons. The van der Waals surface area contributed by atoms with Crippen molar-refractivity contribution in [1.82, 2.24) is 9.97 Å². The van der Waals surface area contributed by atoms with Gasteiger partial charge >= 0.3 is 0 Å². The summed E-state index contributed by atoms with van der Waals surface area (Å²) in [6.45, 7) is 2.09. The molecule has 0 unspecified atom stereocenters. The van der Waals surface area contributed by atoms with Gasteiger partial charge in [-0.3, -0.25) is 0 Å². The van der Waals surface area contributed by atoms with Gasteiger partial charge in [0.1, 0.15) is 5.82 Å². The molecule has 19 heavy (non-hydrogen) atoms. The number of nitrogens with zero attached hydrogens (tertiary/aromatic N) is 2. The minimum Gasteiger partial charge on any atom is -0.383 e. The maximum absolute atomic E-state index is 5.84. The van der Waals surface area contributed by atoms with E-state index in [9.17, 15) is 0 Å². The van der Waals surface area contributed by atoms with E-state index in [-0.39, 0.29) is 5.95 Å². The van der Waals surface area contributed by atoms with Crippen molar-refractivity contribution in [3.05, 3.63) is 48.0 Å². The lowest BCUT2D eigenvalue weighted by Gasteiger charge is -2.08. The zero-order valence-electron chi connectivity index (χ0n) is 10.6. The first kappa shape index (κ1) is 11.5. The Labute approximate surface area is 111 Å². The lowest BCUT2D eigenvalue weighted by Crippen LogP contribution is -2.00. The molecule has 0 aliphatic rings. The Bertz CT molecular complexity index is 765. The lowest BCUT2D eigenvalue weighted by atomic mass is 9.99. The molecule has 1 aromatic heterocycles. The van der Waals surface area contributed by atoms with Crippen molar-refractivity contribution in [2.24, 2.45) is 0 Å². The van der Waals surface area contributed by atoms with E-state index in [4.69, 9.17) is 11.5 Å². The first-order valence-electron chi connectivity index (χ1n) is 6.04. The molecule has 0 aliphatic heterocycles. The maximum atomic E-state index is 5.84. The van der Waals surface area contributed by atoms with Crippen LogP contribution in [0.4, 0.5) is 11.8 Å². The average Bonchev–Trinajstić information content (AvgIpc) is 2.38. The second kappa shape index (κ2) is 4.24. The van der Waals surface area contributed by atoms with E-state index in [0.29, 0.717) is 5.82 Å². The summed E-state index contributed by atoms with van der Waals surface area (Å²) in [4.78, 5) is 8.21. The molecule has 0 aliphatic carbocycles. The van der Waals surface area contributed by atoms with E-state index in [1.54, 1.807) is 0 Å². The molecule has 0 saturated carbocycles. The summed E-state index contributed by atoms with van der Waals surface area (Å²) in [7, 11) is 0. The molecular weight excluding hydrogens is 236 g/mol. The van der Waals surface area contributed by atoms with E-state index in [2.05, 4.69) is 29.0 Å². The average molecular weight is 250 g/mol. The third kappa shape index (κ3) is 1.97. The fourth-order valence-corrected chi connectivity index (χ4v) is 2.24. The van der Waals surface area contributed by atoms with Gasteiger partial charge in [-0.25, -0.2) is 4.98 Å². The zero-order valence-corrected chi connectivity index (χ0v) is 10.6. The van der Waals surface area contributed by atoms with Crippen LogP contribution in [0.1, 0.15) is 5.56 Å². The third-order valence-electron chi connectivity index (χ3n) is 3.20. The van der Waals surface area contributed by atoms with Gasteiger partial charge in [0.15, 0.2) is 0 Å². The molecular formula is C15H14N4. The Kier molecular flexibility index (Phi) is 2.56. The number of benzene rings is 2. The van der Waals surface area contributed by atoms with Crippen molar-refractivity contribution >= 4 is 22.7 Å². The summed E-state index contributed by atoms with van der Waals surface area (Å²) in [5.41, 5.74) is 15.8. The van der Waals surface area contributed by atoms with Gasteiger partial charge < -0.3 is 11.5 Å². The summed E-state index contributed by atoms with van der Waals surface area (Å²) in [6.07, 6.45) is 0. The monoisotopic (exact) mass is 250 g/mol. The number of hydrogen-bond donors (Lipinski definition) is 2. The van der Waals surface area contributed by atoms with Gasteiger partial charge in [0.05, 0.1) is 5.52 Å². The van der Waals surface area contributed by atoms with Crippen LogP contribution < -0.4 is 11.5 Å². The van der Waals surface area contributed by atoms with Crippen molar-refractivity contribution in [3.8, 4) is 11.1 Å². The molecule has 1 heterocycles. The number of anilines is 2. The normalized spacial score (nSPS) is 10.8. The molecule has 3 aromatic rings. The van der Waals surface area contributed by atoms with E-state index in [0.717, 1.165) is 16.5 Å². The van der Waals surface area contributed by atoms with Crippen LogP contribution in [-0.2, 0) is 0 Å². The maximum Gasteiger partial charge on any atom is 0.222 e. The van der Waals surface area contributed by atoms with Crippen molar-refractivity contribution in [1.29, 1.82) is 0 Å². The van der Waals surface area contributed by atoms with Crippen LogP contribution in [0.5, 0.6) is 0 Å². The Balaban J connectivity index is 2.25. The first-order valence-corrected chi connectivity index (χ1v) is 6.04. The summed E-state index contributed by atoms with van der Waals surface area (Å²) in [5.74, 6) is 0.616. The summed E-state index contributed by atoms with van der Waals surface area (Å²) >= 11 is 0. The highest BCUT2D eigenvalue weighted by Gasteiger charge is 2.06. The SMILES string of the molecule is Cc1ccccc1-c1ccc2c(N)nc(N)nc2c1. The number of aromatic nitrogens is 2. The minimum absolute atomic E-state index is 0.201. The third-order valence-corrected chi connectivity index (χ3v) is 3.20. The predicted molar refractivity (Wildman–Crippen MR) is 78.5 cm³/mol. The molecule has 3 rings (SSSR count). The van der Waals surface area contributed by atoms with Crippen molar-refractivity contribution < 1.29 is 0 Å². The molecule has 94 valence electrons. The van der Waals surface area contributed by atoms with Crippen LogP contribution in [0.15, 0.2) is 42.5 Å². The van der Waals surface area contributed by atoms with Gasteiger partial charge in [-0.2, -0.15) is 4.98 Å². The first-order chi connectivity index (χ1) is 9.15.